The van der Waals surface area contributed by atoms with E-state index in [0.29, 0.717) is 30.9 Å². The molecular weight excluding hydrogens is 454 g/mol. The summed E-state index contributed by atoms with van der Waals surface area (Å²) in [6.07, 6.45) is 3.94. The van der Waals surface area contributed by atoms with Crippen molar-refractivity contribution in [2.45, 2.75) is 26.0 Å². The average Bonchev–Trinajstić information content (AvgIpc) is 3.13. The first-order chi connectivity index (χ1) is 17.3. The molecule has 0 aliphatic carbocycles. The Hall–Kier alpha value is -3.97. The minimum absolute atomic E-state index is 0.0875. The van der Waals surface area contributed by atoms with Gasteiger partial charge < -0.3 is 19.6 Å². The van der Waals surface area contributed by atoms with Crippen LogP contribution in [0, 0.1) is 6.92 Å². The van der Waals surface area contributed by atoms with E-state index in [1.165, 1.54) is 5.56 Å². The maximum Gasteiger partial charge on any atom is 0.295 e. The highest BCUT2D eigenvalue weighted by Gasteiger charge is 2.45. The van der Waals surface area contributed by atoms with Crippen LogP contribution in [0.1, 0.15) is 34.7 Å². The summed E-state index contributed by atoms with van der Waals surface area (Å²) in [7, 11) is 3.92. The van der Waals surface area contributed by atoms with E-state index < -0.39 is 17.7 Å². The standard InChI is InChI=1S/C29H31N3O4/c1-20-6-4-7-21(18-20)19-36-24-10-8-23(9-11-24)27(33)25-26(22-12-14-30-15-13-22)32(29(35)28(25)34)17-5-16-31(2)3/h4,6-15,18,26,33H,5,16-17,19H2,1-3H3/b27-25+. The second-order valence-electron chi connectivity index (χ2n) is 9.23. The molecule has 0 saturated carbocycles. The van der Waals surface area contributed by atoms with E-state index in [0.717, 1.165) is 17.7 Å². The monoisotopic (exact) mass is 485 g/mol. The predicted molar refractivity (Wildman–Crippen MR) is 138 cm³/mol. The van der Waals surface area contributed by atoms with E-state index in [-0.39, 0.29) is 11.3 Å². The number of nitrogens with zero attached hydrogens (tertiary/aromatic N) is 3. The molecule has 1 saturated heterocycles. The van der Waals surface area contributed by atoms with Gasteiger partial charge in [0.1, 0.15) is 18.1 Å². The molecule has 7 nitrogen and oxygen atoms in total. The quantitative estimate of drug-likeness (QED) is 0.276. The molecule has 1 aliphatic heterocycles. The van der Waals surface area contributed by atoms with Crippen molar-refractivity contribution in [1.29, 1.82) is 0 Å². The number of hydrogen-bond acceptors (Lipinski definition) is 6. The predicted octanol–water partition coefficient (Wildman–Crippen LogP) is 4.34. The zero-order valence-corrected chi connectivity index (χ0v) is 20.8. The highest BCUT2D eigenvalue weighted by molar-refractivity contribution is 6.46. The second kappa shape index (κ2) is 11.2. The van der Waals surface area contributed by atoms with E-state index in [2.05, 4.69) is 11.1 Å². The van der Waals surface area contributed by atoms with Gasteiger partial charge >= 0.3 is 0 Å². The topological polar surface area (TPSA) is 83.0 Å². The van der Waals surface area contributed by atoms with Crippen molar-refractivity contribution in [3.63, 3.8) is 0 Å². The van der Waals surface area contributed by atoms with E-state index in [1.807, 2.05) is 44.1 Å². The Bertz CT molecular complexity index is 1250. The van der Waals surface area contributed by atoms with Crippen LogP contribution in [0.25, 0.3) is 5.76 Å². The summed E-state index contributed by atoms with van der Waals surface area (Å²) in [5, 5.41) is 11.2. The smallest absolute Gasteiger partial charge is 0.295 e. The van der Waals surface area contributed by atoms with Gasteiger partial charge in [-0.3, -0.25) is 14.6 Å². The first-order valence-corrected chi connectivity index (χ1v) is 12.0. The third-order valence-electron chi connectivity index (χ3n) is 6.18. The van der Waals surface area contributed by atoms with Gasteiger partial charge in [-0.25, -0.2) is 0 Å². The fourth-order valence-electron chi connectivity index (χ4n) is 4.39. The first-order valence-electron chi connectivity index (χ1n) is 12.0. The van der Waals surface area contributed by atoms with Crippen molar-refractivity contribution >= 4 is 17.4 Å². The number of carbonyl (C=O) groups is 2. The summed E-state index contributed by atoms with van der Waals surface area (Å²) < 4.78 is 5.88. The van der Waals surface area contributed by atoms with Crippen LogP contribution in [0.3, 0.4) is 0 Å². The minimum atomic E-state index is -0.682. The number of carbonyl (C=O) groups excluding carboxylic acids is 2. The largest absolute Gasteiger partial charge is 0.507 e. The van der Waals surface area contributed by atoms with Crippen LogP contribution in [0.5, 0.6) is 5.75 Å². The second-order valence-corrected chi connectivity index (χ2v) is 9.23. The van der Waals surface area contributed by atoms with Crippen LogP contribution in [0.4, 0.5) is 0 Å². The number of amides is 1. The molecule has 0 radical (unpaired) electrons. The number of aliphatic hydroxyl groups is 1. The average molecular weight is 486 g/mol. The lowest BCUT2D eigenvalue weighted by Crippen LogP contribution is -2.32. The van der Waals surface area contributed by atoms with Crippen molar-refractivity contribution in [2.24, 2.45) is 0 Å². The number of aryl methyl sites for hydroxylation is 1. The van der Waals surface area contributed by atoms with Crippen LogP contribution >= 0.6 is 0 Å². The minimum Gasteiger partial charge on any atom is -0.507 e. The summed E-state index contributed by atoms with van der Waals surface area (Å²) >= 11 is 0. The zero-order valence-electron chi connectivity index (χ0n) is 20.8. The van der Waals surface area contributed by atoms with Crippen LogP contribution in [0.2, 0.25) is 0 Å². The van der Waals surface area contributed by atoms with Crippen molar-refractivity contribution in [2.75, 3.05) is 27.2 Å². The van der Waals surface area contributed by atoms with Crippen LogP contribution < -0.4 is 4.74 Å². The van der Waals surface area contributed by atoms with E-state index in [1.54, 1.807) is 53.7 Å². The number of likely N-dealkylation sites (tertiary alicyclic amines) is 1. The van der Waals surface area contributed by atoms with Crippen LogP contribution in [0.15, 0.2) is 78.6 Å². The molecule has 3 aromatic rings. The third kappa shape index (κ3) is 5.63. The summed E-state index contributed by atoms with van der Waals surface area (Å²) in [5.74, 6) is -0.840. The number of rotatable bonds is 9. The molecule has 1 N–H and O–H groups in total. The van der Waals surface area contributed by atoms with Gasteiger partial charge in [0, 0.05) is 24.5 Å². The maximum atomic E-state index is 13.1. The molecule has 1 aliphatic rings. The highest BCUT2D eigenvalue weighted by atomic mass is 16.5. The molecule has 1 aromatic heterocycles. The molecule has 1 fully saturated rings. The summed E-state index contributed by atoms with van der Waals surface area (Å²) in [4.78, 5) is 33.7. The number of aromatic nitrogens is 1. The van der Waals surface area contributed by atoms with Crippen LogP contribution in [-0.2, 0) is 16.2 Å². The lowest BCUT2D eigenvalue weighted by Gasteiger charge is -2.25. The van der Waals surface area contributed by atoms with Gasteiger partial charge in [0.25, 0.3) is 11.7 Å². The molecule has 1 amide bonds. The Morgan fingerprint density at radius 2 is 1.78 bits per heavy atom. The number of Topliss-reactive ketones (excluding diaryl/α,β-unsaturated/α-hetero) is 1. The Labute approximate surface area is 211 Å². The van der Waals surface area contributed by atoms with E-state index >= 15 is 0 Å². The lowest BCUT2D eigenvalue weighted by molar-refractivity contribution is -0.139. The summed E-state index contributed by atoms with van der Waals surface area (Å²) in [5.41, 5.74) is 3.49. The van der Waals surface area contributed by atoms with Gasteiger partial charge in [0.2, 0.25) is 0 Å². The highest BCUT2D eigenvalue weighted by Crippen LogP contribution is 2.39. The fourth-order valence-corrected chi connectivity index (χ4v) is 4.39. The van der Waals surface area contributed by atoms with Crippen molar-refractivity contribution < 1.29 is 19.4 Å². The normalized spacial score (nSPS) is 17.1. The zero-order chi connectivity index (χ0) is 25.7. The van der Waals surface area contributed by atoms with Gasteiger partial charge in [-0.1, -0.05) is 29.8 Å². The van der Waals surface area contributed by atoms with Gasteiger partial charge in [-0.15, -0.1) is 0 Å². The molecule has 1 atom stereocenters. The molecule has 7 heteroatoms. The Morgan fingerprint density at radius 1 is 1.06 bits per heavy atom. The van der Waals surface area contributed by atoms with Gasteiger partial charge in [-0.2, -0.15) is 0 Å². The number of pyridine rings is 1. The summed E-state index contributed by atoms with van der Waals surface area (Å²) in [6, 6.07) is 17.9. The SMILES string of the molecule is Cc1cccc(COc2ccc(/C(O)=C3\C(=O)C(=O)N(CCCN(C)C)C3c3ccncc3)cc2)c1. The van der Waals surface area contributed by atoms with E-state index in [4.69, 9.17) is 4.74 Å². The van der Waals surface area contributed by atoms with E-state index in [9.17, 15) is 14.7 Å². The molecule has 2 heterocycles. The molecule has 1 unspecified atom stereocenters. The summed E-state index contributed by atoms with van der Waals surface area (Å²) in [6.45, 7) is 3.63. The van der Waals surface area contributed by atoms with Gasteiger partial charge in [0.15, 0.2) is 0 Å². The third-order valence-corrected chi connectivity index (χ3v) is 6.18. The van der Waals surface area contributed by atoms with Crippen LogP contribution in [-0.4, -0.2) is 58.8 Å². The number of hydrogen-bond donors (Lipinski definition) is 1. The Balaban J connectivity index is 1.60. The molecule has 0 spiro atoms. The molecule has 36 heavy (non-hydrogen) atoms. The first kappa shape index (κ1) is 25.1. The molecule has 186 valence electrons. The van der Waals surface area contributed by atoms with Crippen molar-refractivity contribution in [3.8, 4) is 5.75 Å². The molecule has 0 bridgehead atoms. The fraction of sp³-hybridized carbons (Fsp3) is 0.276. The van der Waals surface area contributed by atoms with Gasteiger partial charge in [-0.05, 0) is 81.5 Å². The molecule has 2 aromatic carbocycles. The Kier molecular flexibility index (Phi) is 7.80. The Morgan fingerprint density at radius 3 is 2.44 bits per heavy atom. The number of aliphatic hydroxyl groups excluding tert-OH is 1. The lowest BCUT2D eigenvalue weighted by atomic mass is 9.96. The van der Waals surface area contributed by atoms with Gasteiger partial charge in [0.05, 0.1) is 11.6 Å². The maximum absolute atomic E-state index is 13.1. The number of ketones is 1. The van der Waals surface area contributed by atoms with Crippen molar-refractivity contribution in [1.82, 2.24) is 14.8 Å². The molecule has 4 rings (SSSR count). The van der Waals surface area contributed by atoms with Crippen molar-refractivity contribution in [3.05, 3.63) is 101 Å². The molecular formula is C29H31N3O4. The number of benzene rings is 2. The number of ether oxygens (including phenoxy) is 1.